The van der Waals surface area contributed by atoms with Gasteiger partial charge in [0.15, 0.2) is 0 Å². The van der Waals surface area contributed by atoms with Gasteiger partial charge in [-0.1, -0.05) is 45.0 Å². The van der Waals surface area contributed by atoms with Gasteiger partial charge in [0.2, 0.25) is 5.91 Å². The molecule has 0 radical (unpaired) electrons. The van der Waals surface area contributed by atoms with Gasteiger partial charge in [0.05, 0.1) is 5.92 Å². The van der Waals surface area contributed by atoms with Crippen LogP contribution >= 0.6 is 0 Å². The zero-order valence-electron chi connectivity index (χ0n) is 16.6. The molecule has 0 bridgehead atoms. The summed E-state index contributed by atoms with van der Waals surface area (Å²) in [6, 6.07) is 8.90. The third-order valence-electron chi connectivity index (χ3n) is 5.08. The van der Waals surface area contributed by atoms with Crippen LogP contribution in [0.5, 0.6) is 0 Å². The molecule has 1 aliphatic carbocycles. The Kier molecular flexibility index (Phi) is 7.95. The highest BCUT2D eigenvalue weighted by molar-refractivity contribution is 5.84. The van der Waals surface area contributed by atoms with Crippen LogP contribution in [-0.2, 0) is 4.79 Å². The van der Waals surface area contributed by atoms with E-state index in [0.29, 0.717) is 5.91 Å². The van der Waals surface area contributed by atoms with E-state index in [1.807, 2.05) is 0 Å². The minimum atomic E-state index is -0.0529. The number of nitrogens with zero attached hydrogens (tertiary/aromatic N) is 2. The molecule has 1 amide bonds. The number of carbonyl (C=O) groups is 1. The van der Waals surface area contributed by atoms with E-state index >= 15 is 0 Å². The molecule has 3 nitrogen and oxygen atoms in total. The smallest absolute Gasteiger partial charge is 0.231 e. The zero-order valence-corrected chi connectivity index (χ0v) is 16.6. The zero-order chi connectivity index (χ0) is 18.2. The first-order valence-corrected chi connectivity index (χ1v) is 10.2. The Balaban J connectivity index is 2.19. The first kappa shape index (κ1) is 20.0. The van der Waals surface area contributed by atoms with E-state index in [-0.39, 0.29) is 5.92 Å². The summed E-state index contributed by atoms with van der Waals surface area (Å²) in [5.74, 6) is 1.01. The summed E-state index contributed by atoms with van der Waals surface area (Å²) in [6.45, 7) is 10.1. The topological polar surface area (TPSA) is 23.6 Å². The highest BCUT2D eigenvalue weighted by Crippen LogP contribution is 2.40. The quantitative estimate of drug-likeness (QED) is 0.584. The van der Waals surface area contributed by atoms with Gasteiger partial charge in [-0.05, 0) is 62.7 Å². The monoisotopic (exact) mass is 344 g/mol. The maximum atomic E-state index is 13.3. The van der Waals surface area contributed by atoms with E-state index in [4.69, 9.17) is 0 Å². The third kappa shape index (κ3) is 5.85. The number of benzene rings is 1. The van der Waals surface area contributed by atoms with Crippen LogP contribution in [0.1, 0.15) is 75.8 Å². The molecule has 1 aromatic carbocycles. The van der Waals surface area contributed by atoms with Crippen LogP contribution < -0.4 is 0 Å². The molecule has 1 aliphatic rings. The van der Waals surface area contributed by atoms with Crippen molar-refractivity contribution < 1.29 is 4.79 Å². The molecule has 2 rings (SSSR count). The van der Waals surface area contributed by atoms with Gasteiger partial charge in [0.1, 0.15) is 0 Å². The minimum absolute atomic E-state index is 0.0529. The summed E-state index contributed by atoms with van der Waals surface area (Å²) in [7, 11) is 2.13. The van der Waals surface area contributed by atoms with Gasteiger partial charge in [-0.2, -0.15) is 0 Å². The third-order valence-corrected chi connectivity index (χ3v) is 5.08. The van der Waals surface area contributed by atoms with Crippen molar-refractivity contribution in [1.82, 2.24) is 9.80 Å². The van der Waals surface area contributed by atoms with E-state index in [2.05, 4.69) is 61.9 Å². The average molecular weight is 345 g/mol. The summed E-state index contributed by atoms with van der Waals surface area (Å²) < 4.78 is 0. The molecule has 0 N–H and O–H groups in total. The summed E-state index contributed by atoms with van der Waals surface area (Å²) in [5, 5.41) is 0. The Labute approximate surface area is 154 Å². The van der Waals surface area contributed by atoms with Gasteiger partial charge in [0, 0.05) is 19.6 Å². The Morgan fingerprint density at radius 3 is 2.04 bits per heavy atom. The molecule has 0 heterocycles. The molecule has 25 heavy (non-hydrogen) atoms. The Bertz CT molecular complexity index is 515. The molecule has 1 saturated carbocycles. The molecule has 1 aromatic rings. The molecule has 140 valence electrons. The molecule has 0 saturated heterocycles. The fourth-order valence-electron chi connectivity index (χ4n) is 3.62. The van der Waals surface area contributed by atoms with Gasteiger partial charge in [0.25, 0.3) is 0 Å². The van der Waals surface area contributed by atoms with E-state index in [0.717, 1.165) is 51.4 Å². The standard InChI is InChI=1S/C22H36N2O/c1-5-14-23(4)17-21(22(25)24(15-6-2)16-7-3)20-12-10-19(11-13-20)18-8-9-18/h10-13,18,21H,5-9,14-17H2,1-4H3. The minimum Gasteiger partial charge on any atom is -0.342 e. The predicted octanol–water partition coefficient (Wildman–Crippen LogP) is 4.64. The number of hydrogen-bond donors (Lipinski definition) is 0. The lowest BCUT2D eigenvalue weighted by Gasteiger charge is -2.30. The van der Waals surface area contributed by atoms with Gasteiger partial charge in [-0.15, -0.1) is 0 Å². The van der Waals surface area contributed by atoms with Crippen LogP contribution in [0.2, 0.25) is 0 Å². The lowest BCUT2D eigenvalue weighted by Crippen LogP contribution is -2.40. The molecule has 3 heteroatoms. The second-order valence-corrected chi connectivity index (χ2v) is 7.58. The van der Waals surface area contributed by atoms with Crippen molar-refractivity contribution in [3.05, 3.63) is 35.4 Å². The highest BCUT2D eigenvalue weighted by Gasteiger charge is 2.28. The van der Waals surface area contributed by atoms with Gasteiger partial charge in [-0.25, -0.2) is 0 Å². The molecule has 1 atom stereocenters. The van der Waals surface area contributed by atoms with Crippen LogP contribution in [0.4, 0.5) is 0 Å². The number of likely N-dealkylation sites (N-methyl/N-ethyl adjacent to an activating group) is 1. The van der Waals surface area contributed by atoms with Crippen molar-refractivity contribution in [2.24, 2.45) is 0 Å². The largest absolute Gasteiger partial charge is 0.342 e. The summed E-state index contributed by atoms with van der Waals surface area (Å²) in [5.41, 5.74) is 2.62. The number of rotatable bonds is 11. The second kappa shape index (κ2) is 9.96. The average Bonchev–Trinajstić information content (AvgIpc) is 3.44. The number of amides is 1. The van der Waals surface area contributed by atoms with Crippen molar-refractivity contribution in [3.8, 4) is 0 Å². The lowest BCUT2D eigenvalue weighted by atomic mass is 9.94. The van der Waals surface area contributed by atoms with E-state index in [1.54, 1.807) is 0 Å². The fourth-order valence-corrected chi connectivity index (χ4v) is 3.62. The fraction of sp³-hybridized carbons (Fsp3) is 0.682. The molecular formula is C22H36N2O. The lowest BCUT2D eigenvalue weighted by molar-refractivity contribution is -0.133. The van der Waals surface area contributed by atoms with E-state index in [1.165, 1.54) is 24.0 Å². The molecule has 1 fully saturated rings. The maximum Gasteiger partial charge on any atom is 0.231 e. The highest BCUT2D eigenvalue weighted by atomic mass is 16.2. The Morgan fingerprint density at radius 1 is 1.00 bits per heavy atom. The van der Waals surface area contributed by atoms with Crippen molar-refractivity contribution in [2.75, 3.05) is 33.2 Å². The SMILES string of the molecule is CCCN(C)CC(C(=O)N(CCC)CCC)c1ccc(C2CC2)cc1. The molecule has 0 spiro atoms. The van der Waals surface area contributed by atoms with Gasteiger partial charge < -0.3 is 9.80 Å². The van der Waals surface area contributed by atoms with Crippen LogP contribution in [0, 0.1) is 0 Å². The number of carbonyl (C=O) groups excluding carboxylic acids is 1. The van der Waals surface area contributed by atoms with Crippen LogP contribution in [-0.4, -0.2) is 48.9 Å². The molecule has 0 aromatic heterocycles. The van der Waals surface area contributed by atoms with E-state index in [9.17, 15) is 4.79 Å². The van der Waals surface area contributed by atoms with Gasteiger partial charge >= 0.3 is 0 Å². The normalized spacial score (nSPS) is 15.4. The second-order valence-electron chi connectivity index (χ2n) is 7.58. The summed E-state index contributed by atoms with van der Waals surface area (Å²) in [4.78, 5) is 17.7. The van der Waals surface area contributed by atoms with E-state index < -0.39 is 0 Å². The van der Waals surface area contributed by atoms with Crippen molar-refractivity contribution in [1.29, 1.82) is 0 Å². The van der Waals surface area contributed by atoms with Crippen molar-refractivity contribution >= 4 is 5.91 Å². The van der Waals surface area contributed by atoms with Crippen molar-refractivity contribution in [2.45, 2.75) is 64.7 Å². The molecule has 1 unspecified atom stereocenters. The van der Waals surface area contributed by atoms with Crippen LogP contribution in [0.3, 0.4) is 0 Å². The van der Waals surface area contributed by atoms with Crippen LogP contribution in [0.15, 0.2) is 24.3 Å². The molecule has 0 aliphatic heterocycles. The Hall–Kier alpha value is -1.35. The first-order chi connectivity index (χ1) is 12.1. The number of hydrogen-bond acceptors (Lipinski definition) is 2. The predicted molar refractivity (Wildman–Crippen MR) is 106 cm³/mol. The first-order valence-electron chi connectivity index (χ1n) is 10.2. The van der Waals surface area contributed by atoms with Gasteiger partial charge in [-0.3, -0.25) is 4.79 Å². The summed E-state index contributed by atoms with van der Waals surface area (Å²) >= 11 is 0. The maximum absolute atomic E-state index is 13.3. The van der Waals surface area contributed by atoms with Crippen molar-refractivity contribution in [3.63, 3.8) is 0 Å². The summed E-state index contributed by atoms with van der Waals surface area (Å²) in [6.07, 6.45) is 5.79. The Morgan fingerprint density at radius 2 is 1.56 bits per heavy atom. The molecular weight excluding hydrogens is 308 g/mol. The van der Waals surface area contributed by atoms with Crippen LogP contribution in [0.25, 0.3) is 0 Å².